The second-order valence-corrected chi connectivity index (χ2v) is 6.36. The van der Waals surface area contributed by atoms with Crippen LogP contribution in [0.4, 0.5) is 0 Å². The van der Waals surface area contributed by atoms with Gasteiger partial charge in [-0.15, -0.1) is 0 Å². The van der Waals surface area contributed by atoms with Gasteiger partial charge in [-0.1, -0.05) is 37.8 Å². The molecule has 0 aliphatic rings. The van der Waals surface area contributed by atoms with Gasteiger partial charge in [-0.2, -0.15) is 10.5 Å². The van der Waals surface area contributed by atoms with E-state index in [1.165, 1.54) is 0 Å². The summed E-state index contributed by atoms with van der Waals surface area (Å²) in [6.07, 6.45) is 9.69. The Morgan fingerprint density at radius 1 is 1.33 bits per heavy atom. The first-order chi connectivity index (χ1) is 14.5. The number of nitriles is 2. The number of nitrogens with zero attached hydrogens (tertiary/aromatic N) is 4. The van der Waals surface area contributed by atoms with Crippen LogP contribution in [0.3, 0.4) is 0 Å². The molecule has 0 aliphatic heterocycles. The molecule has 152 valence electrons. The number of carbonyl (C=O) groups is 1. The fourth-order valence-electron chi connectivity index (χ4n) is 3.34. The number of esters is 1. The first-order valence-electron chi connectivity index (χ1n) is 9.66. The van der Waals surface area contributed by atoms with Gasteiger partial charge in [-0.25, -0.2) is 4.79 Å². The number of hydrogen-bond acceptors (Lipinski definition) is 5. The summed E-state index contributed by atoms with van der Waals surface area (Å²) in [5.41, 5.74) is 3.88. The third-order valence-electron chi connectivity index (χ3n) is 4.64. The number of carbonyl (C=O) groups excluding carboxylic acids is 1. The second-order valence-electron chi connectivity index (χ2n) is 6.36. The lowest BCUT2D eigenvalue weighted by molar-refractivity contribution is 0.0514. The van der Waals surface area contributed by atoms with Crippen molar-refractivity contribution in [2.24, 2.45) is 7.05 Å². The quantitative estimate of drug-likeness (QED) is 0.487. The minimum Gasteiger partial charge on any atom is -0.461 e. The van der Waals surface area contributed by atoms with Gasteiger partial charge >= 0.3 is 5.97 Å². The van der Waals surface area contributed by atoms with Gasteiger partial charge in [0.05, 0.1) is 23.4 Å². The first kappa shape index (κ1) is 22.4. The number of allylic oxidation sites excluding steroid dienone is 5. The molecule has 6 heteroatoms. The van der Waals surface area contributed by atoms with E-state index in [0.29, 0.717) is 46.5 Å². The summed E-state index contributed by atoms with van der Waals surface area (Å²) in [6.45, 7) is 7.68. The van der Waals surface area contributed by atoms with Crippen molar-refractivity contribution in [1.82, 2.24) is 9.55 Å². The molecule has 6 nitrogen and oxygen atoms in total. The molecule has 30 heavy (non-hydrogen) atoms. The zero-order valence-electron chi connectivity index (χ0n) is 17.5. The van der Waals surface area contributed by atoms with Crippen molar-refractivity contribution in [2.75, 3.05) is 6.61 Å². The molecule has 0 saturated carbocycles. The molecule has 2 aromatic rings. The Morgan fingerprint density at radius 2 is 2.10 bits per heavy atom. The summed E-state index contributed by atoms with van der Waals surface area (Å²) in [7, 11) is 1.76. The fourth-order valence-corrected chi connectivity index (χ4v) is 3.34. The third-order valence-corrected chi connectivity index (χ3v) is 4.64. The summed E-state index contributed by atoms with van der Waals surface area (Å²) in [5, 5.41) is 19.1. The standard InChI is InChI=1S/C24H24N4O2/c1-5-10-17(11-8-13-20-18(15-25)12-9-14-27-20)22-19(16-26)21(6-2)28(4)23(22)24(29)30-7-3/h5,8-12,14H,1,6-7,13H2,2-4H3/b11-8-,17-10+. The SMILES string of the molecule is C=C/C=C(\C=C/Cc1ncccc1C#N)c1c(C#N)c(CC)n(C)c1C(=O)OCC. The van der Waals surface area contributed by atoms with Crippen LogP contribution >= 0.6 is 0 Å². The molecule has 0 radical (unpaired) electrons. The smallest absolute Gasteiger partial charge is 0.355 e. The van der Waals surface area contributed by atoms with Crippen LogP contribution in [0.15, 0.2) is 49.2 Å². The van der Waals surface area contributed by atoms with E-state index in [0.717, 1.165) is 5.69 Å². The van der Waals surface area contributed by atoms with Gasteiger partial charge in [0.1, 0.15) is 17.8 Å². The fraction of sp³-hybridized carbons (Fsp3) is 0.250. The number of rotatable bonds is 8. The van der Waals surface area contributed by atoms with Crippen molar-refractivity contribution in [3.8, 4) is 12.1 Å². The van der Waals surface area contributed by atoms with E-state index < -0.39 is 5.97 Å². The van der Waals surface area contributed by atoms with Crippen LogP contribution in [0.2, 0.25) is 0 Å². The van der Waals surface area contributed by atoms with Crippen molar-refractivity contribution in [3.63, 3.8) is 0 Å². The molecule has 2 aromatic heterocycles. The lowest BCUT2D eigenvalue weighted by atomic mass is 9.98. The van der Waals surface area contributed by atoms with Crippen molar-refractivity contribution in [2.45, 2.75) is 26.7 Å². The number of ether oxygens (including phenoxy) is 1. The molecule has 0 aliphatic carbocycles. The van der Waals surface area contributed by atoms with Gasteiger partial charge in [-0.05, 0) is 31.1 Å². The van der Waals surface area contributed by atoms with Crippen LogP contribution in [-0.2, 0) is 24.6 Å². The predicted molar refractivity (Wildman–Crippen MR) is 115 cm³/mol. The Kier molecular flexibility index (Phi) is 7.90. The molecular formula is C24H24N4O2. The lowest BCUT2D eigenvalue weighted by Crippen LogP contribution is -2.13. The van der Waals surface area contributed by atoms with Gasteiger partial charge < -0.3 is 9.30 Å². The van der Waals surface area contributed by atoms with E-state index in [1.54, 1.807) is 49.0 Å². The van der Waals surface area contributed by atoms with E-state index in [2.05, 4.69) is 23.7 Å². The minimum absolute atomic E-state index is 0.236. The molecule has 2 rings (SSSR count). The Balaban J connectivity index is 2.58. The van der Waals surface area contributed by atoms with Crippen molar-refractivity contribution in [3.05, 3.63) is 83.0 Å². The lowest BCUT2D eigenvalue weighted by Gasteiger charge is -2.08. The molecule has 0 N–H and O–H groups in total. The summed E-state index contributed by atoms with van der Waals surface area (Å²) < 4.78 is 6.97. The summed E-state index contributed by atoms with van der Waals surface area (Å²) in [6, 6.07) is 7.81. The van der Waals surface area contributed by atoms with Crippen LogP contribution in [0, 0.1) is 22.7 Å². The minimum atomic E-state index is -0.481. The van der Waals surface area contributed by atoms with E-state index in [4.69, 9.17) is 4.74 Å². The van der Waals surface area contributed by atoms with Gasteiger partial charge in [-0.3, -0.25) is 4.98 Å². The molecule has 0 atom stereocenters. The van der Waals surface area contributed by atoms with E-state index >= 15 is 0 Å². The highest BCUT2D eigenvalue weighted by atomic mass is 16.5. The largest absolute Gasteiger partial charge is 0.461 e. The molecule has 0 unspecified atom stereocenters. The highest BCUT2D eigenvalue weighted by Gasteiger charge is 2.27. The van der Waals surface area contributed by atoms with E-state index in [1.807, 2.05) is 19.1 Å². The molecule has 0 spiro atoms. The molecule has 0 saturated heterocycles. The van der Waals surface area contributed by atoms with Crippen molar-refractivity contribution < 1.29 is 9.53 Å². The summed E-state index contributed by atoms with van der Waals surface area (Å²) in [5.74, 6) is -0.481. The zero-order valence-corrected chi connectivity index (χ0v) is 17.5. The topological polar surface area (TPSA) is 91.7 Å². The first-order valence-corrected chi connectivity index (χ1v) is 9.66. The monoisotopic (exact) mass is 400 g/mol. The maximum atomic E-state index is 12.7. The third kappa shape index (κ3) is 4.56. The van der Waals surface area contributed by atoms with Gasteiger partial charge in [0.15, 0.2) is 0 Å². The van der Waals surface area contributed by atoms with Crippen LogP contribution in [0.25, 0.3) is 5.57 Å². The average molecular weight is 400 g/mol. The maximum Gasteiger partial charge on any atom is 0.355 e. The molecule has 0 fully saturated rings. The van der Waals surface area contributed by atoms with E-state index in [9.17, 15) is 15.3 Å². The molecule has 0 bridgehead atoms. The van der Waals surface area contributed by atoms with Crippen molar-refractivity contribution >= 4 is 11.5 Å². The van der Waals surface area contributed by atoms with Gasteiger partial charge in [0, 0.05) is 30.9 Å². The number of aromatic nitrogens is 2. The van der Waals surface area contributed by atoms with Crippen LogP contribution in [-0.4, -0.2) is 22.1 Å². The predicted octanol–water partition coefficient (Wildman–Crippen LogP) is 4.27. The average Bonchev–Trinajstić information content (AvgIpc) is 3.04. The second kappa shape index (κ2) is 10.6. The van der Waals surface area contributed by atoms with Crippen LogP contribution in [0.1, 0.15) is 52.4 Å². The Bertz CT molecular complexity index is 1090. The number of hydrogen-bond donors (Lipinski definition) is 0. The Morgan fingerprint density at radius 3 is 2.70 bits per heavy atom. The molecular weight excluding hydrogens is 376 g/mol. The zero-order chi connectivity index (χ0) is 22.1. The van der Waals surface area contributed by atoms with Crippen LogP contribution in [0.5, 0.6) is 0 Å². The summed E-state index contributed by atoms with van der Waals surface area (Å²) in [4.78, 5) is 17.0. The van der Waals surface area contributed by atoms with Gasteiger partial charge in [0.25, 0.3) is 0 Å². The normalized spacial score (nSPS) is 11.2. The highest BCUT2D eigenvalue weighted by molar-refractivity contribution is 5.98. The Hall–Kier alpha value is -3.90. The molecule has 0 aromatic carbocycles. The molecule has 0 amide bonds. The van der Waals surface area contributed by atoms with Gasteiger partial charge in [0.2, 0.25) is 0 Å². The molecule has 2 heterocycles. The highest BCUT2D eigenvalue weighted by Crippen LogP contribution is 2.31. The maximum absolute atomic E-state index is 12.7. The Labute approximate surface area is 177 Å². The van der Waals surface area contributed by atoms with Crippen LogP contribution < -0.4 is 0 Å². The van der Waals surface area contributed by atoms with E-state index in [-0.39, 0.29) is 6.61 Å². The summed E-state index contributed by atoms with van der Waals surface area (Å²) >= 11 is 0. The van der Waals surface area contributed by atoms with Crippen molar-refractivity contribution in [1.29, 1.82) is 10.5 Å². The number of pyridine rings is 1.